The van der Waals surface area contributed by atoms with E-state index in [0.717, 1.165) is 10.9 Å². The predicted molar refractivity (Wildman–Crippen MR) is 106 cm³/mol. The summed E-state index contributed by atoms with van der Waals surface area (Å²) in [5.74, 6) is -0.584. The quantitative estimate of drug-likeness (QED) is 0.498. The van der Waals surface area contributed by atoms with Gasteiger partial charge in [0.25, 0.3) is 5.91 Å². The van der Waals surface area contributed by atoms with Gasteiger partial charge in [0.15, 0.2) is 0 Å². The lowest BCUT2D eigenvalue weighted by atomic mass is 10.1. The molecular weight excluding hydrogens is 383 g/mol. The third kappa shape index (κ3) is 3.96. The summed E-state index contributed by atoms with van der Waals surface area (Å²) in [5.41, 5.74) is 1.80. The zero-order chi connectivity index (χ0) is 19.4. The average Bonchev–Trinajstić information content (AvgIpc) is 3.00. The highest BCUT2D eigenvalue weighted by Crippen LogP contribution is 2.27. The molecule has 132 valence electrons. The smallest absolute Gasteiger partial charge is 0.266 e. The molecule has 0 aliphatic rings. The van der Waals surface area contributed by atoms with Crippen LogP contribution in [0.2, 0.25) is 10.0 Å². The van der Waals surface area contributed by atoms with Crippen molar-refractivity contribution in [1.29, 1.82) is 10.5 Å². The molecule has 1 amide bonds. The van der Waals surface area contributed by atoms with Gasteiger partial charge in [-0.1, -0.05) is 41.4 Å². The number of nitrogens with one attached hydrogen (secondary N) is 1. The predicted octanol–water partition coefficient (Wildman–Crippen LogP) is 5.02. The lowest BCUT2D eigenvalue weighted by Gasteiger charge is -2.06. The third-order valence-electron chi connectivity index (χ3n) is 3.90. The van der Waals surface area contributed by atoms with Crippen LogP contribution in [0.5, 0.6) is 0 Å². The zero-order valence-electron chi connectivity index (χ0n) is 13.9. The Morgan fingerprint density at radius 1 is 1.19 bits per heavy atom. The van der Waals surface area contributed by atoms with Gasteiger partial charge in [-0.3, -0.25) is 4.79 Å². The Balaban J connectivity index is 1.97. The minimum Gasteiger partial charge on any atom is -0.333 e. The molecule has 1 heterocycles. The zero-order valence-corrected chi connectivity index (χ0v) is 15.4. The maximum absolute atomic E-state index is 12.5. The Labute approximate surface area is 165 Å². The summed E-state index contributed by atoms with van der Waals surface area (Å²) in [6, 6.07) is 16.1. The molecule has 0 saturated heterocycles. The fourth-order valence-electron chi connectivity index (χ4n) is 2.68. The van der Waals surface area contributed by atoms with Crippen LogP contribution in [0.4, 0.5) is 5.69 Å². The highest BCUT2D eigenvalue weighted by molar-refractivity contribution is 6.37. The first kappa shape index (κ1) is 18.5. The van der Waals surface area contributed by atoms with E-state index in [2.05, 4.69) is 11.4 Å². The molecule has 0 atom stereocenters. The Hall–Kier alpha value is -3.25. The molecule has 0 aliphatic heterocycles. The van der Waals surface area contributed by atoms with E-state index >= 15 is 0 Å². The normalized spacial score (nSPS) is 11.0. The Bertz CT molecular complexity index is 1150. The van der Waals surface area contributed by atoms with Gasteiger partial charge in [-0.25, -0.2) is 0 Å². The molecule has 2 aromatic carbocycles. The number of aromatic nitrogens is 1. The van der Waals surface area contributed by atoms with Crippen molar-refractivity contribution in [2.75, 3.05) is 5.32 Å². The molecule has 0 unspecified atom stereocenters. The fraction of sp³-hybridized carbons (Fsp3) is 0.0500. The minimum atomic E-state index is -0.584. The number of fused-ring (bicyclic) bond motifs is 1. The number of nitrogens with zero attached hydrogens (tertiary/aromatic N) is 3. The first-order valence-electron chi connectivity index (χ1n) is 7.86. The van der Waals surface area contributed by atoms with Crippen LogP contribution in [0.15, 0.2) is 54.2 Å². The van der Waals surface area contributed by atoms with Crippen LogP contribution in [0.3, 0.4) is 0 Å². The highest BCUT2D eigenvalue weighted by atomic mass is 35.5. The first-order chi connectivity index (χ1) is 13.0. The second-order valence-electron chi connectivity index (χ2n) is 5.64. The van der Waals surface area contributed by atoms with Crippen LogP contribution < -0.4 is 5.32 Å². The van der Waals surface area contributed by atoms with E-state index in [4.69, 9.17) is 28.5 Å². The highest BCUT2D eigenvalue weighted by Gasteiger charge is 2.14. The summed E-state index contributed by atoms with van der Waals surface area (Å²) in [5, 5.41) is 22.6. The van der Waals surface area contributed by atoms with Gasteiger partial charge in [-0.15, -0.1) is 0 Å². The van der Waals surface area contributed by atoms with Crippen LogP contribution in [0.1, 0.15) is 5.56 Å². The number of para-hydroxylation sites is 1. The third-order valence-corrected chi connectivity index (χ3v) is 4.45. The SMILES string of the molecule is N#CCn1cc(/C=C(/C#N)C(=O)Nc2ccc(Cl)cc2Cl)c2ccccc21. The van der Waals surface area contributed by atoms with E-state index in [0.29, 0.717) is 16.3 Å². The van der Waals surface area contributed by atoms with Crippen molar-refractivity contribution in [2.24, 2.45) is 0 Å². The summed E-state index contributed by atoms with van der Waals surface area (Å²) in [6.45, 7) is 0.169. The molecule has 0 spiro atoms. The van der Waals surface area contributed by atoms with Gasteiger partial charge in [-0.05, 0) is 30.3 Å². The van der Waals surface area contributed by atoms with E-state index in [1.807, 2.05) is 30.3 Å². The van der Waals surface area contributed by atoms with Gasteiger partial charge in [0.1, 0.15) is 18.2 Å². The molecule has 27 heavy (non-hydrogen) atoms. The van der Waals surface area contributed by atoms with Crippen molar-refractivity contribution in [2.45, 2.75) is 6.54 Å². The molecule has 0 aliphatic carbocycles. The van der Waals surface area contributed by atoms with Crippen LogP contribution in [0.25, 0.3) is 17.0 Å². The first-order valence-corrected chi connectivity index (χ1v) is 8.62. The maximum atomic E-state index is 12.5. The molecule has 1 N–H and O–H groups in total. The van der Waals surface area contributed by atoms with Gasteiger partial charge in [0, 0.05) is 27.7 Å². The van der Waals surface area contributed by atoms with Crippen LogP contribution in [-0.2, 0) is 11.3 Å². The molecule has 1 aromatic heterocycles. The summed E-state index contributed by atoms with van der Waals surface area (Å²) in [6.07, 6.45) is 3.24. The number of benzene rings is 2. The monoisotopic (exact) mass is 394 g/mol. The van der Waals surface area contributed by atoms with Crippen molar-refractivity contribution in [1.82, 2.24) is 4.57 Å². The number of nitriles is 2. The number of anilines is 1. The molecule has 0 saturated carbocycles. The topological polar surface area (TPSA) is 81.6 Å². The number of halogens is 2. The van der Waals surface area contributed by atoms with E-state index in [1.54, 1.807) is 22.9 Å². The Kier molecular flexibility index (Phi) is 5.47. The number of hydrogen-bond donors (Lipinski definition) is 1. The summed E-state index contributed by atoms with van der Waals surface area (Å²) < 4.78 is 1.77. The van der Waals surface area contributed by atoms with Crippen molar-refractivity contribution < 1.29 is 4.79 Å². The summed E-state index contributed by atoms with van der Waals surface area (Å²) in [7, 11) is 0. The lowest BCUT2D eigenvalue weighted by Crippen LogP contribution is -2.13. The molecule has 0 radical (unpaired) electrons. The van der Waals surface area contributed by atoms with Crippen LogP contribution >= 0.6 is 23.2 Å². The molecule has 3 aromatic rings. The maximum Gasteiger partial charge on any atom is 0.266 e. The second-order valence-corrected chi connectivity index (χ2v) is 6.48. The molecule has 7 heteroatoms. The average molecular weight is 395 g/mol. The van der Waals surface area contributed by atoms with E-state index < -0.39 is 5.91 Å². The largest absolute Gasteiger partial charge is 0.333 e. The van der Waals surface area contributed by atoms with Crippen LogP contribution in [-0.4, -0.2) is 10.5 Å². The number of carbonyl (C=O) groups is 1. The minimum absolute atomic E-state index is 0.0825. The molecule has 5 nitrogen and oxygen atoms in total. The molecular formula is C20H12Cl2N4O. The summed E-state index contributed by atoms with van der Waals surface area (Å²) in [4.78, 5) is 12.5. The number of amides is 1. The van der Waals surface area contributed by atoms with Crippen molar-refractivity contribution >= 4 is 51.8 Å². The molecule has 3 rings (SSSR count). The van der Waals surface area contributed by atoms with Crippen molar-refractivity contribution in [3.05, 3.63) is 69.8 Å². The van der Waals surface area contributed by atoms with Crippen LogP contribution in [0, 0.1) is 22.7 Å². The van der Waals surface area contributed by atoms with Gasteiger partial charge < -0.3 is 9.88 Å². The fourth-order valence-corrected chi connectivity index (χ4v) is 3.14. The number of carbonyl (C=O) groups excluding carboxylic acids is 1. The summed E-state index contributed by atoms with van der Waals surface area (Å²) >= 11 is 11.9. The number of hydrogen-bond acceptors (Lipinski definition) is 3. The van der Waals surface area contributed by atoms with E-state index in [-0.39, 0.29) is 17.1 Å². The van der Waals surface area contributed by atoms with Gasteiger partial charge >= 0.3 is 0 Å². The van der Waals surface area contributed by atoms with Gasteiger partial charge in [-0.2, -0.15) is 10.5 Å². The van der Waals surface area contributed by atoms with Crippen molar-refractivity contribution in [3.8, 4) is 12.1 Å². The van der Waals surface area contributed by atoms with Gasteiger partial charge in [0.2, 0.25) is 0 Å². The number of rotatable bonds is 4. The van der Waals surface area contributed by atoms with Gasteiger partial charge in [0.05, 0.1) is 16.8 Å². The van der Waals surface area contributed by atoms with E-state index in [1.165, 1.54) is 12.1 Å². The van der Waals surface area contributed by atoms with Crippen molar-refractivity contribution in [3.63, 3.8) is 0 Å². The standard InChI is InChI=1S/C20H12Cl2N4O/c21-15-5-6-18(17(22)10-15)25-20(27)13(11-24)9-14-12-26(8-7-23)19-4-2-1-3-16(14)19/h1-6,9-10,12H,8H2,(H,25,27)/b13-9-. The Morgan fingerprint density at radius 3 is 2.67 bits per heavy atom. The lowest BCUT2D eigenvalue weighted by molar-refractivity contribution is -0.112. The second kappa shape index (κ2) is 7.97. The Morgan fingerprint density at radius 2 is 1.96 bits per heavy atom. The molecule has 0 bridgehead atoms. The van der Waals surface area contributed by atoms with E-state index in [9.17, 15) is 10.1 Å². The molecule has 0 fully saturated rings.